The lowest BCUT2D eigenvalue weighted by Crippen LogP contribution is -2.12. The van der Waals surface area contributed by atoms with Crippen LogP contribution in [0.4, 0.5) is 5.13 Å². The van der Waals surface area contributed by atoms with Gasteiger partial charge in [-0.1, -0.05) is 17.4 Å². The lowest BCUT2D eigenvalue weighted by atomic mass is 10.2. The van der Waals surface area contributed by atoms with Crippen LogP contribution < -0.4 is 5.32 Å². The average molecular weight is 310 g/mol. The van der Waals surface area contributed by atoms with Gasteiger partial charge in [-0.25, -0.2) is 4.98 Å². The van der Waals surface area contributed by atoms with Gasteiger partial charge in [-0.2, -0.15) is 0 Å². The predicted molar refractivity (Wildman–Crippen MR) is 87.0 cm³/mol. The van der Waals surface area contributed by atoms with Gasteiger partial charge in [-0.3, -0.25) is 20.1 Å². The molecule has 3 aromatic rings. The highest BCUT2D eigenvalue weighted by molar-refractivity contribution is 7.19. The largest absolute Gasteiger partial charge is 0.298 e. The van der Waals surface area contributed by atoms with E-state index in [0.717, 1.165) is 22.0 Å². The Morgan fingerprint density at radius 3 is 2.68 bits per heavy atom. The molecule has 0 atom stereocenters. The highest BCUT2D eigenvalue weighted by Gasteiger charge is 2.13. The molecular formula is C16H14N4OS. The molecule has 0 radical (unpaired) electrons. The highest BCUT2D eigenvalue weighted by atomic mass is 32.1. The van der Waals surface area contributed by atoms with Gasteiger partial charge in [-0.05, 0) is 38.1 Å². The Balaban J connectivity index is 1.82. The number of hydrogen-bond donors (Lipinski definition) is 1. The Labute approximate surface area is 132 Å². The second-order valence-corrected chi connectivity index (χ2v) is 5.79. The molecule has 0 aliphatic rings. The third kappa shape index (κ3) is 3.01. The van der Waals surface area contributed by atoms with Gasteiger partial charge in [0, 0.05) is 18.1 Å². The molecule has 0 aliphatic carbocycles. The van der Waals surface area contributed by atoms with E-state index in [1.54, 1.807) is 24.5 Å². The van der Waals surface area contributed by atoms with Crippen molar-refractivity contribution in [1.29, 1.82) is 0 Å². The third-order valence-corrected chi connectivity index (χ3v) is 4.18. The summed E-state index contributed by atoms with van der Waals surface area (Å²) in [5.74, 6) is -0.214. The van der Waals surface area contributed by atoms with E-state index in [-0.39, 0.29) is 5.91 Å². The molecule has 0 bridgehead atoms. The lowest BCUT2D eigenvalue weighted by molar-refractivity contribution is 0.102. The van der Waals surface area contributed by atoms with Crippen LogP contribution in [0.1, 0.15) is 21.7 Å². The van der Waals surface area contributed by atoms with Gasteiger partial charge in [0.1, 0.15) is 0 Å². The first-order valence-corrected chi connectivity index (χ1v) is 7.58. The topological polar surface area (TPSA) is 67.8 Å². The maximum atomic E-state index is 12.2. The van der Waals surface area contributed by atoms with Gasteiger partial charge >= 0.3 is 0 Å². The first-order valence-electron chi connectivity index (χ1n) is 6.76. The molecule has 1 amide bonds. The molecule has 0 unspecified atom stereocenters. The number of hydrogen-bond acceptors (Lipinski definition) is 5. The highest BCUT2D eigenvalue weighted by Crippen LogP contribution is 2.31. The minimum atomic E-state index is -0.214. The van der Waals surface area contributed by atoms with Crippen molar-refractivity contribution in [1.82, 2.24) is 15.0 Å². The number of aromatic nitrogens is 3. The van der Waals surface area contributed by atoms with Crippen LogP contribution in [-0.4, -0.2) is 20.9 Å². The van der Waals surface area contributed by atoms with Gasteiger partial charge in [0.15, 0.2) is 5.13 Å². The number of nitrogens with zero attached hydrogens (tertiary/aromatic N) is 3. The molecular weight excluding hydrogens is 296 g/mol. The van der Waals surface area contributed by atoms with Gasteiger partial charge < -0.3 is 0 Å². The number of anilines is 1. The average Bonchev–Trinajstić information content (AvgIpc) is 2.89. The Kier molecular flexibility index (Phi) is 3.93. The number of amides is 1. The van der Waals surface area contributed by atoms with E-state index in [0.29, 0.717) is 10.7 Å². The number of aryl methyl sites for hydroxylation is 2. The summed E-state index contributed by atoms with van der Waals surface area (Å²) in [6.45, 7) is 3.79. The van der Waals surface area contributed by atoms with Crippen LogP contribution in [0, 0.1) is 13.8 Å². The zero-order chi connectivity index (χ0) is 15.5. The summed E-state index contributed by atoms with van der Waals surface area (Å²) in [7, 11) is 0. The van der Waals surface area contributed by atoms with E-state index >= 15 is 0 Å². The normalized spacial score (nSPS) is 10.5. The number of carbonyl (C=O) groups excluding carboxylic acids is 1. The minimum absolute atomic E-state index is 0.214. The fourth-order valence-corrected chi connectivity index (χ4v) is 2.89. The summed E-state index contributed by atoms with van der Waals surface area (Å²) >= 11 is 1.41. The van der Waals surface area contributed by atoms with Crippen LogP contribution in [0.2, 0.25) is 0 Å². The van der Waals surface area contributed by atoms with Gasteiger partial charge in [0.05, 0.1) is 21.8 Å². The fourth-order valence-electron chi connectivity index (χ4n) is 1.96. The first kappa shape index (κ1) is 14.3. The van der Waals surface area contributed by atoms with Crippen LogP contribution in [0.25, 0.3) is 10.6 Å². The quantitative estimate of drug-likeness (QED) is 0.804. The molecule has 0 fully saturated rings. The summed E-state index contributed by atoms with van der Waals surface area (Å²) in [6.07, 6.45) is 3.30. The molecule has 3 aromatic heterocycles. The molecule has 6 heteroatoms. The Hall–Kier alpha value is -2.60. The van der Waals surface area contributed by atoms with Crippen molar-refractivity contribution in [3.05, 3.63) is 59.7 Å². The first-order chi connectivity index (χ1) is 10.6. The summed E-state index contributed by atoms with van der Waals surface area (Å²) < 4.78 is 0. The van der Waals surface area contributed by atoms with E-state index in [9.17, 15) is 4.79 Å². The van der Waals surface area contributed by atoms with Crippen molar-refractivity contribution in [2.75, 3.05) is 5.32 Å². The number of rotatable bonds is 3. The fraction of sp³-hybridized carbons (Fsp3) is 0.125. The molecule has 0 aromatic carbocycles. The maximum absolute atomic E-state index is 12.2. The van der Waals surface area contributed by atoms with Crippen LogP contribution in [-0.2, 0) is 0 Å². The van der Waals surface area contributed by atoms with Gasteiger partial charge in [0.2, 0.25) is 0 Å². The molecule has 110 valence electrons. The van der Waals surface area contributed by atoms with Crippen LogP contribution in [0.3, 0.4) is 0 Å². The third-order valence-electron chi connectivity index (χ3n) is 3.09. The predicted octanol–water partition coefficient (Wildman–Crippen LogP) is 3.47. The lowest BCUT2D eigenvalue weighted by Gasteiger charge is -2.01. The van der Waals surface area contributed by atoms with E-state index in [2.05, 4.69) is 20.3 Å². The second-order valence-electron chi connectivity index (χ2n) is 4.79. The van der Waals surface area contributed by atoms with E-state index in [1.165, 1.54) is 11.3 Å². The van der Waals surface area contributed by atoms with Crippen molar-refractivity contribution < 1.29 is 4.79 Å². The molecule has 3 rings (SSSR count). The molecule has 0 saturated carbocycles. The van der Waals surface area contributed by atoms with E-state index < -0.39 is 0 Å². The molecule has 0 aliphatic heterocycles. The van der Waals surface area contributed by atoms with E-state index in [4.69, 9.17) is 0 Å². The summed E-state index contributed by atoms with van der Waals surface area (Å²) in [5, 5.41) is 3.37. The molecule has 0 spiro atoms. The zero-order valence-electron chi connectivity index (χ0n) is 12.2. The number of thiazole rings is 1. The van der Waals surface area contributed by atoms with Crippen molar-refractivity contribution in [2.45, 2.75) is 13.8 Å². The Morgan fingerprint density at radius 2 is 2.00 bits per heavy atom. The van der Waals surface area contributed by atoms with Crippen molar-refractivity contribution in [3.63, 3.8) is 0 Å². The van der Waals surface area contributed by atoms with E-state index in [1.807, 2.05) is 32.0 Å². The summed E-state index contributed by atoms with van der Waals surface area (Å²) in [4.78, 5) is 26.0. The number of pyridine rings is 2. The van der Waals surface area contributed by atoms with Crippen molar-refractivity contribution in [2.24, 2.45) is 0 Å². The van der Waals surface area contributed by atoms with Gasteiger partial charge in [-0.15, -0.1) is 0 Å². The molecule has 1 N–H and O–H groups in total. The monoisotopic (exact) mass is 310 g/mol. The molecule has 0 saturated heterocycles. The number of nitrogens with one attached hydrogen (secondary N) is 1. The SMILES string of the molecule is Cc1ccc(C(=O)Nc2nc(C)c(-c3ccccn3)s2)cn1. The molecule has 3 heterocycles. The Morgan fingerprint density at radius 1 is 1.14 bits per heavy atom. The molecule has 5 nitrogen and oxygen atoms in total. The van der Waals surface area contributed by atoms with Gasteiger partial charge in [0.25, 0.3) is 5.91 Å². The smallest absolute Gasteiger partial charge is 0.259 e. The standard InChI is InChI=1S/C16H14N4OS/c1-10-6-7-12(9-18-10)15(21)20-16-19-11(2)14(22-16)13-5-3-4-8-17-13/h3-9H,1-2H3,(H,19,20,21). The summed E-state index contributed by atoms with van der Waals surface area (Å²) in [6, 6.07) is 9.28. The zero-order valence-corrected chi connectivity index (χ0v) is 13.0. The maximum Gasteiger partial charge on any atom is 0.259 e. The van der Waals surface area contributed by atoms with Crippen molar-refractivity contribution in [3.8, 4) is 10.6 Å². The van der Waals surface area contributed by atoms with Crippen LogP contribution in [0.5, 0.6) is 0 Å². The van der Waals surface area contributed by atoms with Crippen LogP contribution in [0.15, 0.2) is 42.7 Å². The second kappa shape index (κ2) is 6.03. The molecule has 22 heavy (non-hydrogen) atoms. The van der Waals surface area contributed by atoms with Crippen molar-refractivity contribution >= 4 is 22.4 Å². The summed E-state index contributed by atoms with van der Waals surface area (Å²) in [5.41, 5.74) is 3.09. The van der Waals surface area contributed by atoms with Crippen LogP contribution >= 0.6 is 11.3 Å². The Bertz CT molecular complexity index is 797. The minimum Gasteiger partial charge on any atom is -0.298 e. The number of carbonyl (C=O) groups is 1.